The molecule has 1 atom stereocenters. The van der Waals surface area contributed by atoms with Gasteiger partial charge in [-0.3, -0.25) is 9.69 Å². The molecule has 0 aliphatic carbocycles. The number of amides is 1. The Hall–Kier alpha value is -1.16. The van der Waals surface area contributed by atoms with Crippen molar-refractivity contribution >= 4 is 5.91 Å². The zero-order valence-electron chi connectivity index (χ0n) is 12.0. The molecule has 1 N–H and O–H groups in total. The lowest BCUT2D eigenvalue weighted by molar-refractivity contribution is -0.133. The molecular formula is C14H24N4O2. The Kier molecular flexibility index (Phi) is 6.25. The van der Waals surface area contributed by atoms with Gasteiger partial charge in [-0.25, -0.2) is 0 Å². The van der Waals surface area contributed by atoms with Crippen LogP contribution < -0.4 is 5.32 Å². The predicted molar refractivity (Wildman–Crippen MR) is 75.1 cm³/mol. The number of hydrogen-bond acceptors (Lipinski definition) is 5. The number of hydrogen-bond donors (Lipinski definition) is 1. The minimum atomic E-state index is -0.0432. The summed E-state index contributed by atoms with van der Waals surface area (Å²) in [7, 11) is 0. The normalized spacial score (nSPS) is 23.4. The van der Waals surface area contributed by atoms with E-state index < -0.39 is 0 Å². The SMILES string of the molecule is N#CCCN(CCN1CCOCC1)C(=O)[C@H]1CCCN1. The van der Waals surface area contributed by atoms with E-state index in [9.17, 15) is 4.79 Å². The van der Waals surface area contributed by atoms with Crippen molar-refractivity contribution < 1.29 is 9.53 Å². The van der Waals surface area contributed by atoms with Crippen LogP contribution in [0.5, 0.6) is 0 Å². The molecule has 1 amide bonds. The molecule has 2 heterocycles. The van der Waals surface area contributed by atoms with Crippen LogP contribution in [0, 0.1) is 11.3 Å². The van der Waals surface area contributed by atoms with E-state index in [0.717, 1.165) is 52.2 Å². The zero-order valence-corrected chi connectivity index (χ0v) is 12.0. The lowest BCUT2D eigenvalue weighted by atomic mass is 10.2. The van der Waals surface area contributed by atoms with Gasteiger partial charge in [0.1, 0.15) is 0 Å². The number of rotatable bonds is 6. The van der Waals surface area contributed by atoms with E-state index in [0.29, 0.717) is 19.5 Å². The molecule has 0 aromatic carbocycles. The Bertz CT molecular complexity index is 344. The van der Waals surface area contributed by atoms with Crippen molar-refractivity contribution in [2.24, 2.45) is 0 Å². The molecule has 6 heteroatoms. The molecule has 0 bridgehead atoms. The average Bonchev–Trinajstić information content (AvgIpc) is 3.02. The molecule has 0 aromatic heterocycles. The molecule has 20 heavy (non-hydrogen) atoms. The molecule has 2 saturated heterocycles. The number of ether oxygens (including phenoxy) is 1. The van der Waals surface area contributed by atoms with Crippen molar-refractivity contribution in [3.63, 3.8) is 0 Å². The third-order valence-electron chi connectivity index (χ3n) is 3.95. The Labute approximate surface area is 120 Å². The van der Waals surface area contributed by atoms with E-state index in [-0.39, 0.29) is 11.9 Å². The molecule has 0 aromatic rings. The van der Waals surface area contributed by atoms with E-state index in [4.69, 9.17) is 10.00 Å². The van der Waals surface area contributed by atoms with Gasteiger partial charge in [0.25, 0.3) is 0 Å². The quantitative estimate of drug-likeness (QED) is 0.730. The monoisotopic (exact) mass is 280 g/mol. The predicted octanol–water partition coefficient (Wildman–Crippen LogP) is -0.187. The largest absolute Gasteiger partial charge is 0.379 e. The Balaban J connectivity index is 1.82. The lowest BCUT2D eigenvalue weighted by Gasteiger charge is -2.31. The summed E-state index contributed by atoms with van der Waals surface area (Å²) >= 11 is 0. The molecule has 6 nitrogen and oxygen atoms in total. The van der Waals surface area contributed by atoms with Crippen LogP contribution in [0.4, 0.5) is 0 Å². The van der Waals surface area contributed by atoms with Crippen molar-refractivity contribution in [1.29, 1.82) is 5.26 Å². The minimum absolute atomic E-state index is 0.0432. The van der Waals surface area contributed by atoms with Crippen LogP contribution in [0.1, 0.15) is 19.3 Å². The first-order valence-corrected chi connectivity index (χ1v) is 7.50. The topological polar surface area (TPSA) is 68.6 Å². The number of nitriles is 1. The third-order valence-corrected chi connectivity index (χ3v) is 3.95. The highest BCUT2D eigenvalue weighted by molar-refractivity contribution is 5.82. The van der Waals surface area contributed by atoms with Crippen LogP contribution in [0.2, 0.25) is 0 Å². The molecule has 112 valence electrons. The first kappa shape index (κ1) is 15.2. The minimum Gasteiger partial charge on any atom is -0.379 e. The van der Waals surface area contributed by atoms with E-state index in [1.807, 2.05) is 4.90 Å². The molecule has 2 rings (SSSR count). The summed E-state index contributed by atoms with van der Waals surface area (Å²) in [6.07, 6.45) is 2.38. The van der Waals surface area contributed by atoms with Crippen LogP contribution in [0.3, 0.4) is 0 Å². The Morgan fingerprint density at radius 2 is 2.20 bits per heavy atom. The van der Waals surface area contributed by atoms with Gasteiger partial charge in [-0.1, -0.05) is 0 Å². The van der Waals surface area contributed by atoms with Crippen LogP contribution in [-0.4, -0.2) is 74.2 Å². The second kappa shape index (κ2) is 8.20. The third kappa shape index (κ3) is 4.44. The van der Waals surface area contributed by atoms with Gasteiger partial charge in [0.05, 0.1) is 31.7 Å². The highest BCUT2D eigenvalue weighted by Gasteiger charge is 2.26. The fraction of sp³-hybridized carbons (Fsp3) is 0.857. The van der Waals surface area contributed by atoms with Gasteiger partial charge in [0.2, 0.25) is 5.91 Å². The summed E-state index contributed by atoms with van der Waals surface area (Å²) in [5, 5.41) is 12.0. The van der Waals surface area contributed by atoms with Crippen LogP contribution in [-0.2, 0) is 9.53 Å². The van der Waals surface area contributed by atoms with Gasteiger partial charge in [-0.15, -0.1) is 0 Å². The van der Waals surface area contributed by atoms with E-state index in [2.05, 4.69) is 16.3 Å². The standard InChI is InChI=1S/C14H24N4O2/c15-4-2-6-18(14(19)13-3-1-5-16-13)8-7-17-9-11-20-12-10-17/h13,16H,1-3,5-12H2/t13-/m1/s1. The second-order valence-corrected chi connectivity index (χ2v) is 5.34. The van der Waals surface area contributed by atoms with E-state index >= 15 is 0 Å². The van der Waals surface area contributed by atoms with Crippen molar-refractivity contribution in [3.8, 4) is 6.07 Å². The van der Waals surface area contributed by atoms with E-state index in [1.165, 1.54) is 0 Å². The summed E-state index contributed by atoms with van der Waals surface area (Å²) in [5.41, 5.74) is 0. The molecule has 2 aliphatic rings. The average molecular weight is 280 g/mol. The summed E-state index contributed by atoms with van der Waals surface area (Å²) < 4.78 is 5.32. The van der Waals surface area contributed by atoms with Gasteiger partial charge >= 0.3 is 0 Å². The highest BCUT2D eigenvalue weighted by atomic mass is 16.5. The highest BCUT2D eigenvalue weighted by Crippen LogP contribution is 2.09. The number of nitrogens with zero attached hydrogens (tertiary/aromatic N) is 3. The lowest BCUT2D eigenvalue weighted by Crippen LogP contribution is -2.48. The molecular weight excluding hydrogens is 256 g/mol. The fourth-order valence-electron chi connectivity index (χ4n) is 2.72. The van der Waals surface area contributed by atoms with Crippen LogP contribution in [0.15, 0.2) is 0 Å². The van der Waals surface area contributed by atoms with Crippen LogP contribution >= 0.6 is 0 Å². The van der Waals surface area contributed by atoms with Crippen molar-refractivity contribution in [1.82, 2.24) is 15.1 Å². The number of morpholine rings is 1. The maximum Gasteiger partial charge on any atom is 0.239 e. The number of carbonyl (C=O) groups is 1. The number of nitrogens with one attached hydrogen (secondary N) is 1. The van der Waals surface area contributed by atoms with Crippen molar-refractivity contribution in [3.05, 3.63) is 0 Å². The van der Waals surface area contributed by atoms with Crippen molar-refractivity contribution in [2.45, 2.75) is 25.3 Å². The summed E-state index contributed by atoms with van der Waals surface area (Å²) in [6.45, 7) is 6.45. The summed E-state index contributed by atoms with van der Waals surface area (Å²) in [5.74, 6) is 0.158. The smallest absolute Gasteiger partial charge is 0.239 e. The molecule has 0 radical (unpaired) electrons. The zero-order chi connectivity index (χ0) is 14.2. The van der Waals surface area contributed by atoms with E-state index in [1.54, 1.807) is 0 Å². The van der Waals surface area contributed by atoms with Gasteiger partial charge in [-0.05, 0) is 19.4 Å². The molecule has 2 fully saturated rings. The Morgan fingerprint density at radius 3 is 2.85 bits per heavy atom. The van der Waals surface area contributed by atoms with Gasteiger partial charge < -0.3 is 15.0 Å². The second-order valence-electron chi connectivity index (χ2n) is 5.34. The van der Waals surface area contributed by atoms with Crippen LogP contribution in [0.25, 0.3) is 0 Å². The maximum absolute atomic E-state index is 12.4. The van der Waals surface area contributed by atoms with Gasteiger partial charge in [-0.2, -0.15) is 5.26 Å². The summed E-state index contributed by atoms with van der Waals surface area (Å²) in [4.78, 5) is 16.6. The molecule has 0 unspecified atom stereocenters. The Morgan fingerprint density at radius 1 is 1.40 bits per heavy atom. The number of carbonyl (C=O) groups excluding carboxylic acids is 1. The first-order valence-electron chi connectivity index (χ1n) is 7.50. The maximum atomic E-state index is 12.4. The van der Waals surface area contributed by atoms with Gasteiger partial charge in [0, 0.05) is 32.7 Å². The van der Waals surface area contributed by atoms with Crippen molar-refractivity contribution in [2.75, 3.05) is 52.5 Å². The molecule has 0 saturated carbocycles. The molecule has 0 spiro atoms. The summed E-state index contributed by atoms with van der Waals surface area (Å²) in [6, 6.07) is 2.09. The molecule has 2 aliphatic heterocycles. The fourth-order valence-corrected chi connectivity index (χ4v) is 2.72. The first-order chi connectivity index (χ1) is 9.81. The van der Waals surface area contributed by atoms with Gasteiger partial charge in [0.15, 0.2) is 0 Å².